The van der Waals surface area contributed by atoms with E-state index in [1.54, 1.807) is 0 Å². The largest absolute Gasteiger partial charge is 0.476 e. The minimum atomic E-state index is -1.06. The summed E-state index contributed by atoms with van der Waals surface area (Å²) in [5.74, 6) is 0.00701. The van der Waals surface area contributed by atoms with Gasteiger partial charge in [-0.3, -0.25) is 0 Å². The highest BCUT2D eigenvalue weighted by molar-refractivity contribution is 5.92. The topological polar surface area (TPSA) is 87.4 Å². The van der Waals surface area contributed by atoms with Crippen molar-refractivity contribution >= 4 is 11.7 Å². The van der Waals surface area contributed by atoms with Crippen LogP contribution in [0, 0.1) is 0 Å². The molecular weight excluding hydrogens is 294 g/mol. The molecule has 1 fully saturated rings. The second kappa shape index (κ2) is 6.83. The van der Waals surface area contributed by atoms with Gasteiger partial charge in [0, 0.05) is 23.7 Å². The van der Waals surface area contributed by atoms with Crippen molar-refractivity contribution in [3.05, 3.63) is 35.9 Å². The zero-order valence-electron chi connectivity index (χ0n) is 13.1. The number of carboxylic acids is 1. The van der Waals surface area contributed by atoms with Gasteiger partial charge in [-0.2, -0.15) is 0 Å². The van der Waals surface area contributed by atoms with Crippen molar-refractivity contribution in [3.8, 4) is 11.3 Å². The van der Waals surface area contributed by atoms with Gasteiger partial charge >= 0.3 is 5.97 Å². The molecule has 3 N–H and O–H groups in total. The molecule has 0 radical (unpaired) electrons. The highest BCUT2D eigenvalue weighted by Gasteiger charge is 2.26. The van der Waals surface area contributed by atoms with Gasteiger partial charge in [-0.25, -0.2) is 9.78 Å². The Morgan fingerprint density at radius 2 is 2.04 bits per heavy atom. The minimum absolute atomic E-state index is 0.00488. The van der Waals surface area contributed by atoms with Crippen LogP contribution in [0.25, 0.3) is 11.3 Å². The molecule has 0 atom stereocenters. The number of benzene rings is 1. The number of oxazole rings is 1. The summed E-state index contributed by atoms with van der Waals surface area (Å²) in [5.41, 5.74) is 1.72. The van der Waals surface area contributed by atoms with Crippen LogP contribution in [0.4, 0.5) is 5.69 Å². The van der Waals surface area contributed by atoms with E-state index < -0.39 is 5.97 Å². The zero-order valence-corrected chi connectivity index (χ0v) is 13.1. The SMILES string of the molecule is CCNc1ccc(-c2oc(C3CCNCC3)nc2C(=O)O)cc1. The van der Waals surface area contributed by atoms with Crippen LogP contribution in [0.3, 0.4) is 0 Å². The van der Waals surface area contributed by atoms with Crippen molar-refractivity contribution in [2.45, 2.75) is 25.7 Å². The molecule has 0 bridgehead atoms. The Bertz CT molecular complexity index is 673. The Morgan fingerprint density at radius 3 is 2.65 bits per heavy atom. The lowest BCUT2D eigenvalue weighted by molar-refractivity contribution is 0.0691. The predicted octanol–water partition coefficient (Wildman–Crippen LogP) is 2.94. The fourth-order valence-electron chi connectivity index (χ4n) is 2.86. The molecule has 0 saturated carbocycles. The van der Waals surface area contributed by atoms with Crippen LogP contribution in [0.15, 0.2) is 28.7 Å². The van der Waals surface area contributed by atoms with Crippen LogP contribution < -0.4 is 10.6 Å². The molecule has 6 nitrogen and oxygen atoms in total. The molecule has 0 unspecified atom stereocenters. The maximum Gasteiger partial charge on any atom is 0.358 e. The van der Waals surface area contributed by atoms with Crippen molar-refractivity contribution in [2.24, 2.45) is 0 Å². The first-order valence-electron chi connectivity index (χ1n) is 7.98. The summed E-state index contributed by atoms with van der Waals surface area (Å²) >= 11 is 0. The van der Waals surface area contributed by atoms with E-state index in [2.05, 4.69) is 15.6 Å². The smallest absolute Gasteiger partial charge is 0.358 e. The van der Waals surface area contributed by atoms with Crippen molar-refractivity contribution in [2.75, 3.05) is 25.0 Å². The standard InChI is InChI=1S/C17H21N3O3/c1-2-19-13-5-3-11(4-6-13)15-14(17(21)22)20-16(23-15)12-7-9-18-10-8-12/h3-6,12,18-19H,2,7-10H2,1H3,(H,21,22). The lowest BCUT2D eigenvalue weighted by Crippen LogP contribution is -2.26. The maximum atomic E-state index is 11.5. The first-order chi connectivity index (χ1) is 11.2. The molecule has 1 saturated heterocycles. The van der Waals surface area contributed by atoms with E-state index in [0.29, 0.717) is 11.7 Å². The highest BCUT2D eigenvalue weighted by atomic mass is 16.4. The lowest BCUT2D eigenvalue weighted by atomic mass is 9.98. The summed E-state index contributed by atoms with van der Waals surface area (Å²) in [6, 6.07) is 7.54. The summed E-state index contributed by atoms with van der Waals surface area (Å²) < 4.78 is 5.86. The Balaban J connectivity index is 1.93. The Labute approximate surface area is 134 Å². The number of aromatic carboxylic acids is 1. The van der Waals surface area contributed by atoms with Crippen molar-refractivity contribution in [1.82, 2.24) is 10.3 Å². The number of piperidine rings is 1. The van der Waals surface area contributed by atoms with E-state index in [1.807, 2.05) is 31.2 Å². The second-order valence-electron chi connectivity index (χ2n) is 5.67. The molecule has 6 heteroatoms. The number of nitrogens with one attached hydrogen (secondary N) is 2. The molecule has 122 valence electrons. The van der Waals surface area contributed by atoms with E-state index in [0.717, 1.165) is 43.7 Å². The van der Waals surface area contributed by atoms with Crippen molar-refractivity contribution in [3.63, 3.8) is 0 Å². The summed E-state index contributed by atoms with van der Waals surface area (Å²) in [5, 5.41) is 15.9. The monoisotopic (exact) mass is 315 g/mol. The second-order valence-corrected chi connectivity index (χ2v) is 5.67. The molecular formula is C17H21N3O3. The average Bonchev–Trinajstić information content (AvgIpc) is 3.02. The fourth-order valence-corrected chi connectivity index (χ4v) is 2.86. The van der Waals surface area contributed by atoms with Crippen LogP contribution in [-0.4, -0.2) is 35.7 Å². The van der Waals surface area contributed by atoms with Gasteiger partial charge in [0.1, 0.15) is 0 Å². The summed E-state index contributed by atoms with van der Waals surface area (Å²) in [7, 11) is 0. The first-order valence-corrected chi connectivity index (χ1v) is 7.98. The predicted molar refractivity (Wildman–Crippen MR) is 87.9 cm³/mol. The van der Waals surface area contributed by atoms with Gasteiger partial charge in [0.15, 0.2) is 17.3 Å². The molecule has 1 aliphatic rings. The first kappa shape index (κ1) is 15.6. The van der Waals surface area contributed by atoms with E-state index in [-0.39, 0.29) is 11.6 Å². The molecule has 23 heavy (non-hydrogen) atoms. The summed E-state index contributed by atoms with van der Waals surface area (Å²) in [6.07, 6.45) is 1.83. The van der Waals surface area contributed by atoms with Crippen LogP contribution in [0.5, 0.6) is 0 Å². The van der Waals surface area contributed by atoms with Gasteiger partial charge in [-0.05, 0) is 57.1 Å². The number of carbonyl (C=O) groups is 1. The molecule has 1 aromatic carbocycles. The number of aromatic nitrogens is 1. The summed E-state index contributed by atoms with van der Waals surface area (Å²) in [4.78, 5) is 15.8. The highest BCUT2D eigenvalue weighted by Crippen LogP contribution is 2.32. The van der Waals surface area contributed by atoms with E-state index in [9.17, 15) is 9.90 Å². The third-order valence-corrected chi connectivity index (χ3v) is 4.06. The third kappa shape index (κ3) is 3.37. The van der Waals surface area contributed by atoms with Gasteiger partial charge < -0.3 is 20.2 Å². The third-order valence-electron chi connectivity index (χ3n) is 4.06. The normalized spacial score (nSPS) is 15.5. The molecule has 1 aromatic heterocycles. The average molecular weight is 315 g/mol. The molecule has 0 aliphatic carbocycles. The molecule has 2 heterocycles. The number of rotatable bonds is 5. The summed E-state index contributed by atoms with van der Waals surface area (Å²) in [6.45, 7) is 4.67. The lowest BCUT2D eigenvalue weighted by Gasteiger charge is -2.19. The number of anilines is 1. The quantitative estimate of drug-likeness (QED) is 0.786. The zero-order chi connectivity index (χ0) is 16.2. The van der Waals surface area contributed by atoms with Gasteiger partial charge in [-0.15, -0.1) is 0 Å². The van der Waals surface area contributed by atoms with E-state index in [4.69, 9.17) is 4.42 Å². The molecule has 0 spiro atoms. The number of hydrogen-bond donors (Lipinski definition) is 3. The van der Waals surface area contributed by atoms with Crippen LogP contribution in [-0.2, 0) is 0 Å². The fraction of sp³-hybridized carbons (Fsp3) is 0.412. The van der Waals surface area contributed by atoms with E-state index in [1.165, 1.54) is 0 Å². The Hall–Kier alpha value is -2.34. The van der Waals surface area contributed by atoms with Crippen molar-refractivity contribution in [1.29, 1.82) is 0 Å². The van der Waals surface area contributed by atoms with E-state index >= 15 is 0 Å². The van der Waals surface area contributed by atoms with Crippen LogP contribution in [0.2, 0.25) is 0 Å². The number of nitrogens with zero attached hydrogens (tertiary/aromatic N) is 1. The Morgan fingerprint density at radius 1 is 1.35 bits per heavy atom. The molecule has 0 amide bonds. The van der Waals surface area contributed by atoms with Crippen LogP contribution in [0.1, 0.15) is 42.1 Å². The Kier molecular flexibility index (Phi) is 4.62. The molecule has 1 aliphatic heterocycles. The van der Waals surface area contributed by atoms with Gasteiger partial charge in [0.25, 0.3) is 0 Å². The maximum absolute atomic E-state index is 11.5. The van der Waals surface area contributed by atoms with Gasteiger partial charge in [-0.1, -0.05) is 0 Å². The molecule has 2 aromatic rings. The van der Waals surface area contributed by atoms with Gasteiger partial charge in [0.2, 0.25) is 0 Å². The van der Waals surface area contributed by atoms with Crippen LogP contribution >= 0.6 is 0 Å². The molecule has 3 rings (SSSR count). The minimum Gasteiger partial charge on any atom is -0.476 e. The number of carboxylic acid groups (broad SMARTS) is 1. The number of hydrogen-bond acceptors (Lipinski definition) is 5. The van der Waals surface area contributed by atoms with Crippen molar-refractivity contribution < 1.29 is 14.3 Å². The van der Waals surface area contributed by atoms with Gasteiger partial charge in [0.05, 0.1) is 0 Å².